The Morgan fingerprint density at radius 1 is 1.33 bits per heavy atom. The standard InChI is InChI=1S/C11H11N3O.CO2/c1-2-9(8-4-5-8)6-10(3-1)15-11-7-12-14-13-11;2-1-3/h1-3,6-8H,4-5H2,(H,12,13,14);. The van der Waals surface area contributed by atoms with Gasteiger partial charge in [0.25, 0.3) is 5.88 Å². The first-order valence-electron chi connectivity index (χ1n) is 5.46. The maximum atomic E-state index is 8.12. The van der Waals surface area contributed by atoms with E-state index in [1.807, 2.05) is 12.1 Å². The molecule has 6 heteroatoms. The lowest BCUT2D eigenvalue weighted by Gasteiger charge is -2.03. The summed E-state index contributed by atoms with van der Waals surface area (Å²) in [6, 6.07) is 8.17. The number of carbonyl (C=O) groups excluding carboxylic acids is 2. The van der Waals surface area contributed by atoms with Crippen LogP contribution < -0.4 is 4.74 Å². The molecule has 18 heavy (non-hydrogen) atoms. The van der Waals surface area contributed by atoms with Gasteiger partial charge in [-0.25, -0.2) is 0 Å². The van der Waals surface area contributed by atoms with Crippen molar-refractivity contribution in [3.8, 4) is 11.6 Å². The third-order valence-corrected chi connectivity index (χ3v) is 2.52. The van der Waals surface area contributed by atoms with Crippen molar-refractivity contribution in [1.82, 2.24) is 15.4 Å². The van der Waals surface area contributed by atoms with Crippen LogP contribution in [0.2, 0.25) is 0 Å². The fourth-order valence-corrected chi connectivity index (χ4v) is 1.61. The smallest absolute Gasteiger partial charge is 0.373 e. The van der Waals surface area contributed by atoms with E-state index in [4.69, 9.17) is 14.3 Å². The number of nitrogens with zero attached hydrogens (tertiary/aromatic N) is 2. The van der Waals surface area contributed by atoms with Gasteiger partial charge in [-0.2, -0.15) is 19.9 Å². The van der Waals surface area contributed by atoms with Crippen LogP contribution >= 0.6 is 0 Å². The van der Waals surface area contributed by atoms with E-state index in [2.05, 4.69) is 27.5 Å². The van der Waals surface area contributed by atoms with Crippen molar-refractivity contribution in [1.29, 1.82) is 0 Å². The highest BCUT2D eigenvalue weighted by molar-refractivity contribution is 5.34. The topological polar surface area (TPSA) is 84.9 Å². The number of aromatic amines is 1. The van der Waals surface area contributed by atoms with E-state index in [9.17, 15) is 0 Å². The molecule has 0 atom stereocenters. The summed E-state index contributed by atoms with van der Waals surface area (Å²) < 4.78 is 5.53. The summed E-state index contributed by atoms with van der Waals surface area (Å²) >= 11 is 0. The quantitative estimate of drug-likeness (QED) is 0.892. The zero-order chi connectivity index (χ0) is 12.8. The largest absolute Gasteiger partial charge is 0.436 e. The van der Waals surface area contributed by atoms with Crippen LogP contribution in [0.15, 0.2) is 30.5 Å². The van der Waals surface area contributed by atoms with Crippen LogP contribution in [0.1, 0.15) is 24.3 Å². The van der Waals surface area contributed by atoms with Crippen LogP contribution in [0.3, 0.4) is 0 Å². The molecule has 1 N–H and O–H groups in total. The molecular weight excluding hydrogens is 234 g/mol. The van der Waals surface area contributed by atoms with Gasteiger partial charge in [0.1, 0.15) is 11.9 Å². The normalized spacial score (nSPS) is 13.1. The first-order valence-corrected chi connectivity index (χ1v) is 5.46. The minimum absolute atomic E-state index is 0.250. The molecule has 0 spiro atoms. The number of nitrogens with one attached hydrogen (secondary N) is 1. The van der Waals surface area contributed by atoms with E-state index in [0.29, 0.717) is 5.88 Å². The highest BCUT2D eigenvalue weighted by Crippen LogP contribution is 2.41. The number of aromatic nitrogens is 3. The maximum Gasteiger partial charge on any atom is 0.373 e. The lowest BCUT2D eigenvalue weighted by Crippen LogP contribution is -1.86. The number of hydrogen-bond acceptors (Lipinski definition) is 5. The highest BCUT2D eigenvalue weighted by atomic mass is 16.5. The van der Waals surface area contributed by atoms with Crippen LogP contribution in [-0.4, -0.2) is 21.6 Å². The fourth-order valence-electron chi connectivity index (χ4n) is 1.61. The molecule has 6 nitrogen and oxygen atoms in total. The molecule has 1 heterocycles. The first-order chi connectivity index (χ1) is 8.83. The summed E-state index contributed by atoms with van der Waals surface area (Å²) in [4.78, 5) is 16.2. The predicted molar refractivity (Wildman–Crippen MR) is 59.9 cm³/mol. The number of hydrogen-bond donors (Lipinski definition) is 1. The Morgan fingerprint density at radius 2 is 2.11 bits per heavy atom. The summed E-state index contributed by atoms with van der Waals surface area (Å²) in [5.74, 6) is 2.07. The van der Waals surface area contributed by atoms with Gasteiger partial charge in [-0.1, -0.05) is 12.1 Å². The molecule has 0 bridgehead atoms. The monoisotopic (exact) mass is 245 g/mol. The zero-order valence-corrected chi connectivity index (χ0v) is 9.50. The minimum Gasteiger partial charge on any atom is -0.436 e. The summed E-state index contributed by atoms with van der Waals surface area (Å²) in [5.41, 5.74) is 1.36. The first kappa shape index (κ1) is 12.0. The van der Waals surface area contributed by atoms with Crippen LogP contribution in [-0.2, 0) is 9.59 Å². The molecule has 1 aromatic carbocycles. The molecule has 1 fully saturated rings. The van der Waals surface area contributed by atoms with Gasteiger partial charge in [0.15, 0.2) is 0 Å². The SMILES string of the molecule is O=C=O.c1cc(Oc2cn[nH]n2)cc(C2CC2)c1. The third kappa shape index (κ3) is 3.26. The van der Waals surface area contributed by atoms with Crippen molar-refractivity contribution in [3.63, 3.8) is 0 Å². The van der Waals surface area contributed by atoms with E-state index in [-0.39, 0.29) is 6.15 Å². The number of ether oxygens (including phenoxy) is 1. The predicted octanol–water partition coefficient (Wildman–Crippen LogP) is 1.89. The van der Waals surface area contributed by atoms with Crippen molar-refractivity contribution in [2.75, 3.05) is 0 Å². The van der Waals surface area contributed by atoms with E-state index in [1.165, 1.54) is 18.4 Å². The minimum atomic E-state index is 0.250. The van der Waals surface area contributed by atoms with E-state index in [1.54, 1.807) is 6.20 Å². The second-order valence-corrected chi connectivity index (χ2v) is 3.84. The third-order valence-electron chi connectivity index (χ3n) is 2.52. The van der Waals surface area contributed by atoms with E-state index in [0.717, 1.165) is 11.7 Å². The van der Waals surface area contributed by atoms with Gasteiger partial charge in [-0.15, -0.1) is 5.10 Å². The van der Waals surface area contributed by atoms with E-state index >= 15 is 0 Å². The van der Waals surface area contributed by atoms with Gasteiger partial charge < -0.3 is 4.74 Å². The lowest BCUT2D eigenvalue weighted by atomic mass is 10.1. The van der Waals surface area contributed by atoms with Crippen molar-refractivity contribution in [2.24, 2.45) is 0 Å². The van der Waals surface area contributed by atoms with Crippen LogP contribution in [0.25, 0.3) is 0 Å². The molecule has 1 aliphatic rings. The van der Waals surface area contributed by atoms with Gasteiger partial charge in [-0.3, -0.25) is 0 Å². The molecule has 1 saturated carbocycles. The van der Waals surface area contributed by atoms with Gasteiger partial charge in [0, 0.05) is 0 Å². The van der Waals surface area contributed by atoms with Crippen LogP contribution in [0, 0.1) is 0 Å². The Balaban J connectivity index is 0.000000367. The highest BCUT2D eigenvalue weighted by Gasteiger charge is 2.23. The number of H-pyrrole nitrogens is 1. The van der Waals surface area contributed by atoms with Gasteiger partial charge >= 0.3 is 6.15 Å². The fraction of sp³-hybridized carbons (Fsp3) is 0.250. The molecule has 1 aliphatic carbocycles. The summed E-state index contributed by atoms with van der Waals surface area (Å²) in [6.45, 7) is 0. The Hall–Kier alpha value is -2.46. The molecule has 0 amide bonds. The Kier molecular flexibility index (Phi) is 3.83. The second kappa shape index (κ2) is 5.75. The molecule has 2 aromatic rings. The van der Waals surface area contributed by atoms with Gasteiger partial charge in [0.2, 0.25) is 0 Å². The van der Waals surface area contributed by atoms with Crippen molar-refractivity contribution < 1.29 is 14.3 Å². The molecule has 0 unspecified atom stereocenters. The summed E-state index contributed by atoms with van der Waals surface area (Å²) in [6.07, 6.45) is 4.41. The number of benzene rings is 1. The Morgan fingerprint density at radius 3 is 2.72 bits per heavy atom. The summed E-state index contributed by atoms with van der Waals surface area (Å²) in [5, 5.41) is 10.0. The Bertz CT molecular complexity index is 529. The van der Waals surface area contributed by atoms with Crippen molar-refractivity contribution in [3.05, 3.63) is 36.0 Å². The average Bonchev–Trinajstić information content (AvgIpc) is 3.11. The maximum absolute atomic E-state index is 8.12. The van der Waals surface area contributed by atoms with E-state index < -0.39 is 0 Å². The van der Waals surface area contributed by atoms with Crippen molar-refractivity contribution in [2.45, 2.75) is 18.8 Å². The molecule has 0 saturated heterocycles. The van der Waals surface area contributed by atoms with Crippen LogP contribution in [0.5, 0.6) is 11.6 Å². The molecular formula is C12H11N3O3. The van der Waals surface area contributed by atoms with Crippen LogP contribution in [0.4, 0.5) is 0 Å². The van der Waals surface area contributed by atoms with Gasteiger partial charge in [-0.05, 0) is 36.5 Å². The molecule has 3 rings (SSSR count). The van der Waals surface area contributed by atoms with Crippen molar-refractivity contribution >= 4 is 6.15 Å². The zero-order valence-electron chi connectivity index (χ0n) is 9.50. The molecule has 92 valence electrons. The molecule has 0 radical (unpaired) electrons. The number of rotatable bonds is 3. The average molecular weight is 245 g/mol. The second-order valence-electron chi connectivity index (χ2n) is 3.84. The molecule has 1 aromatic heterocycles. The van der Waals surface area contributed by atoms with Gasteiger partial charge in [0.05, 0.1) is 0 Å². The molecule has 0 aliphatic heterocycles. The lowest BCUT2D eigenvalue weighted by molar-refractivity contribution is -0.191. The summed E-state index contributed by atoms with van der Waals surface area (Å²) in [7, 11) is 0. The Labute approximate surface area is 103 Å².